The summed E-state index contributed by atoms with van der Waals surface area (Å²) in [5, 5.41) is 26.8. The first-order valence-corrected chi connectivity index (χ1v) is 5.03. The molecule has 0 heterocycles. The topological polar surface area (TPSA) is 113 Å². The third-order valence-corrected chi connectivity index (χ3v) is 1.78. The SMILES string of the molecule is C=C(C)C(=O)OC(=O)C(C)=C(O)OCC(O)CO. The lowest BCUT2D eigenvalue weighted by atomic mass is 10.3. The van der Waals surface area contributed by atoms with Crippen molar-refractivity contribution in [3.05, 3.63) is 23.7 Å². The monoisotopic (exact) mass is 260 g/mol. The number of hydrogen-bond donors (Lipinski definition) is 3. The van der Waals surface area contributed by atoms with Crippen molar-refractivity contribution in [2.75, 3.05) is 13.2 Å². The summed E-state index contributed by atoms with van der Waals surface area (Å²) >= 11 is 0. The molecule has 3 N–H and O–H groups in total. The molecule has 0 aliphatic heterocycles. The summed E-state index contributed by atoms with van der Waals surface area (Å²) in [5.41, 5.74) is -0.304. The van der Waals surface area contributed by atoms with Crippen molar-refractivity contribution in [2.24, 2.45) is 0 Å². The van der Waals surface area contributed by atoms with Gasteiger partial charge in [-0.1, -0.05) is 6.58 Å². The third kappa shape index (κ3) is 5.46. The molecule has 0 amide bonds. The number of aliphatic hydroxyl groups is 3. The van der Waals surface area contributed by atoms with Crippen molar-refractivity contribution in [3.63, 3.8) is 0 Å². The van der Waals surface area contributed by atoms with Crippen LogP contribution in [0.25, 0.3) is 0 Å². The number of hydrogen-bond acceptors (Lipinski definition) is 7. The van der Waals surface area contributed by atoms with Gasteiger partial charge in [0.25, 0.3) is 5.95 Å². The Balaban J connectivity index is 4.50. The first-order valence-electron chi connectivity index (χ1n) is 5.03. The average Bonchev–Trinajstić information content (AvgIpc) is 2.33. The van der Waals surface area contributed by atoms with Crippen molar-refractivity contribution in [1.29, 1.82) is 0 Å². The molecule has 0 spiro atoms. The summed E-state index contributed by atoms with van der Waals surface area (Å²) in [7, 11) is 0. The lowest BCUT2D eigenvalue weighted by molar-refractivity contribution is -0.154. The van der Waals surface area contributed by atoms with E-state index in [2.05, 4.69) is 16.1 Å². The third-order valence-electron chi connectivity index (χ3n) is 1.78. The zero-order chi connectivity index (χ0) is 14.3. The Labute approximate surface area is 104 Å². The lowest BCUT2D eigenvalue weighted by Crippen LogP contribution is -2.21. The second-order valence-corrected chi connectivity index (χ2v) is 3.53. The number of ether oxygens (including phenoxy) is 2. The molecule has 0 radical (unpaired) electrons. The Bertz CT molecular complexity index is 370. The highest BCUT2D eigenvalue weighted by atomic mass is 16.6. The van der Waals surface area contributed by atoms with Gasteiger partial charge in [-0.15, -0.1) is 0 Å². The summed E-state index contributed by atoms with van der Waals surface area (Å²) in [6.07, 6.45) is -1.19. The van der Waals surface area contributed by atoms with Gasteiger partial charge >= 0.3 is 11.9 Å². The van der Waals surface area contributed by atoms with E-state index in [0.29, 0.717) is 0 Å². The smallest absolute Gasteiger partial charge is 0.348 e. The van der Waals surface area contributed by atoms with Gasteiger partial charge in [0.15, 0.2) is 0 Å². The molecule has 0 aromatic carbocycles. The van der Waals surface area contributed by atoms with E-state index in [-0.39, 0.29) is 11.1 Å². The van der Waals surface area contributed by atoms with Crippen LogP contribution in [-0.2, 0) is 19.1 Å². The summed E-state index contributed by atoms with van der Waals surface area (Å²) in [6.45, 7) is 4.87. The van der Waals surface area contributed by atoms with E-state index in [1.54, 1.807) is 0 Å². The second kappa shape index (κ2) is 7.46. The number of esters is 2. The van der Waals surface area contributed by atoms with Crippen LogP contribution in [0.1, 0.15) is 13.8 Å². The Morgan fingerprint density at radius 1 is 1.28 bits per heavy atom. The molecule has 0 aliphatic rings. The van der Waals surface area contributed by atoms with E-state index in [1.807, 2.05) is 0 Å². The predicted octanol–water partition coefficient (Wildman–Crippen LogP) is -0.208. The van der Waals surface area contributed by atoms with Crippen LogP contribution in [0.5, 0.6) is 0 Å². The molecule has 1 atom stereocenters. The number of carbonyl (C=O) groups excluding carboxylic acids is 2. The Hall–Kier alpha value is -1.86. The number of carbonyl (C=O) groups is 2. The minimum Gasteiger partial charge on any atom is -0.481 e. The van der Waals surface area contributed by atoms with Crippen LogP contribution in [0.2, 0.25) is 0 Å². The van der Waals surface area contributed by atoms with Crippen LogP contribution in [0.4, 0.5) is 0 Å². The van der Waals surface area contributed by atoms with E-state index >= 15 is 0 Å². The van der Waals surface area contributed by atoms with Gasteiger partial charge < -0.3 is 24.8 Å². The van der Waals surface area contributed by atoms with Gasteiger partial charge in [0, 0.05) is 5.57 Å². The Kier molecular flexibility index (Phi) is 6.69. The van der Waals surface area contributed by atoms with E-state index in [1.165, 1.54) is 13.8 Å². The lowest BCUT2D eigenvalue weighted by Gasteiger charge is -2.10. The zero-order valence-electron chi connectivity index (χ0n) is 10.2. The standard InChI is InChI=1S/C11H16O7/c1-6(2)9(14)18-11(16)7(3)10(15)17-5-8(13)4-12/h8,12-13,15H,1,4-5H2,2-3H3. The highest BCUT2D eigenvalue weighted by Crippen LogP contribution is 2.07. The fraction of sp³-hybridized carbons (Fsp3) is 0.455. The largest absolute Gasteiger partial charge is 0.481 e. The van der Waals surface area contributed by atoms with E-state index in [4.69, 9.17) is 10.2 Å². The summed E-state index contributed by atoms with van der Waals surface area (Å²) in [5.74, 6) is -2.79. The molecule has 0 bridgehead atoms. The maximum Gasteiger partial charge on any atom is 0.348 e. The number of aliphatic hydroxyl groups excluding tert-OH is 3. The van der Waals surface area contributed by atoms with Gasteiger partial charge in [0.05, 0.1) is 6.61 Å². The average molecular weight is 260 g/mol. The maximum atomic E-state index is 11.3. The van der Waals surface area contributed by atoms with Crippen molar-refractivity contribution in [2.45, 2.75) is 20.0 Å². The fourth-order valence-corrected chi connectivity index (χ4v) is 0.671. The number of rotatable bonds is 6. The van der Waals surface area contributed by atoms with Crippen LogP contribution in [-0.4, -0.2) is 46.6 Å². The normalized spacial score (nSPS) is 13.3. The van der Waals surface area contributed by atoms with Crippen molar-refractivity contribution in [3.8, 4) is 0 Å². The molecule has 102 valence electrons. The second-order valence-electron chi connectivity index (χ2n) is 3.53. The van der Waals surface area contributed by atoms with Crippen LogP contribution in [0, 0.1) is 0 Å². The maximum absolute atomic E-state index is 11.3. The fourth-order valence-electron chi connectivity index (χ4n) is 0.671. The minimum absolute atomic E-state index is 0.0345. The molecule has 0 saturated heterocycles. The Morgan fingerprint density at radius 2 is 1.83 bits per heavy atom. The van der Waals surface area contributed by atoms with Crippen LogP contribution < -0.4 is 0 Å². The van der Waals surface area contributed by atoms with E-state index in [9.17, 15) is 14.7 Å². The highest BCUT2D eigenvalue weighted by molar-refractivity contribution is 6.01. The summed E-state index contributed by atoms with van der Waals surface area (Å²) < 4.78 is 8.95. The Morgan fingerprint density at radius 3 is 2.28 bits per heavy atom. The molecule has 0 rings (SSSR count). The quantitative estimate of drug-likeness (QED) is 0.262. The van der Waals surface area contributed by atoms with Crippen molar-refractivity contribution < 1.29 is 34.4 Å². The van der Waals surface area contributed by atoms with Gasteiger partial charge in [-0.3, -0.25) is 0 Å². The molecule has 7 nitrogen and oxygen atoms in total. The molecular weight excluding hydrogens is 244 g/mol. The van der Waals surface area contributed by atoms with Crippen LogP contribution in [0.15, 0.2) is 23.7 Å². The first-order chi connectivity index (χ1) is 8.29. The molecule has 7 heteroatoms. The summed E-state index contributed by atoms with van der Waals surface area (Å²) in [6, 6.07) is 0. The van der Waals surface area contributed by atoms with Crippen LogP contribution in [0.3, 0.4) is 0 Å². The molecular formula is C11H16O7. The molecule has 0 aromatic rings. The highest BCUT2D eigenvalue weighted by Gasteiger charge is 2.18. The molecule has 0 fully saturated rings. The zero-order valence-corrected chi connectivity index (χ0v) is 10.2. The van der Waals surface area contributed by atoms with E-state index < -0.39 is 37.2 Å². The molecule has 0 saturated carbocycles. The van der Waals surface area contributed by atoms with Crippen LogP contribution >= 0.6 is 0 Å². The minimum atomic E-state index is -1.19. The molecule has 18 heavy (non-hydrogen) atoms. The summed E-state index contributed by atoms with van der Waals surface area (Å²) in [4.78, 5) is 22.4. The van der Waals surface area contributed by atoms with Gasteiger partial charge in [-0.05, 0) is 13.8 Å². The van der Waals surface area contributed by atoms with Crippen molar-refractivity contribution in [1.82, 2.24) is 0 Å². The first kappa shape index (κ1) is 16.1. The van der Waals surface area contributed by atoms with Gasteiger partial charge in [0.1, 0.15) is 18.3 Å². The predicted molar refractivity (Wildman–Crippen MR) is 60.3 cm³/mol. The van der Waals surface area contributed by atoms with Gasteiger partial charge in [-0.2, -0.15) is 0 Å². The molecule has 1 unspecified atom stereocenters. The van der Waals surface area contributed by atoms with E-state index in [0.717, 1.165) is 0 Å². The molecule has 0 aliphatic carbocycles. The van der Waals surface area contributed by atoms with Gasteiger partial charge in [-0.25, -0.2) is 9.59 Å². The molecule has 0 aromatic heterocycles. The van der Waals surface area contributed by atoms with Gasteiger partial charge in [0.2, 0.25) is 0 Å². The van der Waals surface area contributed by atoms with Crippen molar-refractivity contribution >= 4 is 11.9 Å².